The zero-order valence-electron chi connectivity index (χ0n) is 18.2. The monoisotopic (exact) mass is 550 g/mol. The summed E-state index contributed by atoms with van der Waals surface area (Å²) >= 11 is 3.85. The van der Waals surface area contributed by atoms with Crippen molar-refractivity contribution in [1.29, 1.82) is 0 Å². The van der Waals surface area contributed by atoms with Gasteiger partial charge in [0.05, 0.1) is 23.6 Å². The number of phenolic OH excluding ortho intramolecular Hbond substituents is 1. The maximum atomic E-state index is 12.0. The van der Waals surface area contributed by atoms with Gasteiger partial charge in [-0.1, -0.05) is 0 Å². The number of benzene rings is 2. The number of carboxylic acids is 1. The van der Waals surface area contributed by atoms with E-state index in [0.29, 0.717) is 29.4 Å². The number of hydrogen-bond donors (Lipinski definition) is 2. The molecule has 1 aromatic heterocycles. The Labute approximate surface area is 206 Å². The molecule has 11 nitrogen and oxygen atoms in total. The predicted octanol–water partition coefficient (Wildman–Crippen LogP) is 4.58. The zero-order valence-corrected chi connectivity index (χ0v) is 20.6. The molecular formula is C21H19BrN4O7S. The average Bonchev–Trinajstić information content (AvgIpc) is 3.23. The van der Waals surface area contributed by atoms with Crippen LogP contribution in [0.4, 0.5) is 5.69 Å². The lowest BCUT2D eigenvalue weighted by molar-refractivity contribution is -0.385. The topological polar surface area (TPSA) is 150 Å². The molecule has 178 valence electrons. The summed E-state index contributed by atoms with van der Waals surface area (Å²) in [5, 5.41) is 39.8. The molecule has 0 fully saturated rings. The van der Waals surface area contributed by atoms with Crippen LogP contribution in [-0.4, -0.2) is 50.1 Å². The zero-order chi connectivity index (χ0) is 25.0. The van der Waals surface area contributed by atoms with E-state index in [1.807, 2.05) is 6.92 Å². The van der Waals surface area contributed by atoms with Gasteiger partial charge in [0.2, 0.25) is 0 Å². The third-order valence-electron chi connectivity index (χ3n) is 4.63. The molecule has 0 unspecified atom stereocenters. The Hall–Kier alpha value is -3.58. The van der Waals surface area contributed by atoms with Crippen molar-refractivity contribution in [2.24, 2.45) is 0 Å². The third kappa shape index (κ3) is 5.31. The highest BCUT2D eigenvalue weighted by Gasteiger charge is 2.21. The van der Waals surface area contributed by atoms with Gasteiger partial charge >= 0.3 is 5.97 Å². The number of aromatic nitrogens is 3. The molecule has 0 spiro atoms. The number of thioether (sulfide) groups is 1. The number of non-ortho nitro benzene ring substituents is 1. The van der Waals surface area contributed by atoms with Crippen LogP contribution in [0.5, 0.6) is 17.2 Å². The van der Waals surface area contributed by atoms with E-state index in [2.05, 4.69) is 26.1 Å². The lowest BCUT2D eigenvalue weighted by Crippen LogP contribution is -2.03. The highest BCUT2D eigenvalue weighted by atomic mass is 79.9. The highest BCUT2D eigenvalue weighted by molar-refractivity contribution is 9.10. The summed E-state index contributed by atoms with van der Waals surface area (Å²) in [5.74, 6) is -0.0691. The Morgan fingerprint density at radius 3 is 2.38 bits per heavy atom. The summed E-state index contributed by atoms with van der Waals surface area (Å²) in [6.07, 6.45) is 1.14. The number of aromatic hydroxyl groups is 1. The molecular weight excluding hydrogens is 532 g/mol. The van der Waals surface area contributed by atoms with E-state index in [-0.39, 0.29) is 31.5 Å². The molecule has 13 heteroatoms. The predicted molar refractivity (Wildman–Crippen MR) is 128 cm³/mol. The average molecular weight is 551 g/mol. The molecule has 0 aliphatic carbocycles. The number of phenols is 1. The van der Waals surface area contributed by atoms with Crippen LogP contribution in [0.3, 0.4) is 0 Å². The molecule has 0 aliphatic rings. The van der Waals surface area contributed by atoms with Gasteiger partial charge in [-0.25, -0.2) is 4.79 Å². The van der Waals surface area contributed by atoms with Gasteiger partial charge in [0.15, 0.2) is 11.0 Å². The molecule has 2 N–H and O–H groups in total. The molecule has 0 saturated heterocycles. The van der Waals surface area contributed by atoms with Crippen LogP contribution in [0.25, 0.3) is 17.5 Å². The van der Waals surface area contributed by atoms with Crippen molar-refractivity contribution < 1.29 is 29.4 Å². The molecule has 34 heavy (non-hydrogen) atoms. The minimum absolute atomic E-state index is 0.0358. The molecule has 0 aliphatic heterocycles. The van der Waals surface area contributed by atoms with Gasteiger partial charge in [-0.05, 0) is 52.8 Å². The Balaban J connectivity index is 2.06. The van der Waals surface area contributed by atoms with Crippen molar-refractivity contribution in [1.82, 2.24) is 14.8 Å². The van der Waals surface area contributed by atoms with E-state index < -0.39 is 10.9 Å². The number of aliphatic carboxylic acids is 1. The van der Waals surface area contributed by atoms with E-state index in [1.54, 1.807) is 22.8 Å². The Morgan fingerprint density at radius 1 is 1.21 bits per heavy atom. The van der Waals surface area contributed by atoms with E-state index in [1.165, 1.54) is 14.2 Å². The van der Waals surface area contributed by atoms with E-state index in [0.717, 1.165) is 30.0 Å². The van der Waals surface area contributed by atoms with Gasteiger partial charge < -0.3 is 24.3 Å². The Morgan fingerprint density at radius 2 is 1.85 bits per heavy atom. The van der Waals surface area contributed by atoms with Crippen LogP contribution in [0, 0.1) is 10.1 Å². The fourth-order valence-electron chi connectivity index (χ4n) is 2.99. The largest absolute Gasteiger partial charge is 0.506 e. The lowest BCUT2D eigenvalue weighted by Gasteiger charge is -2.10. The number of nitro benzene ring substituents is 1. The first kappa shape index (κ1) is 25.1. The van der Waals surface area contributed by atoms with E-state index in [4.69, 9.17) is 9.47 Å². The first-order valence-electron chi connectivity index (χ1n) is 9.64. The van der Waals surface area contributed by atoms with Crippen LogP contribution in [0.1, 0.15) is 12.5 Å². The van der Waals surface area contributed by atoms with Crippen LogP contribution >= 0.6 is 27.7 Å². The van der Waals surface area contributed by atoms with Crippen molar-refractivity contribution in [3.63, 3.8) is 0 Å². The first-order valence-corrected chi connectivity index (χ1v) is 11.3. The molecule has 0 saturated carbocycles. The third-order valence-corrected chi connectivity index (χ3v) is 6.23. The minimum atomic E-state index is -1.30. The van der Waals surface area contributed by atoms with Gasteiger partial charge in [-0.15, -0.1) is 10.2 Å². The maximum absolute atomic E-state index is 12.0. The fraction of sp³-hybridized carbons (Fsp3) is 0.190. The minimum Gasteiger partial charge on any atom is -0.506 e. The van der Waals surface area contributed by atoms with Gasteiger partial charge in [0, 0.05) is 35.9 Å². The van der Waals surface area contributed by atoms with Gasteiger partial charge in [-0.3, -0.25) is 10.1 Å². The molecule has 0 bridgehead atoms. The van der Waals surface area contributed by atoms with Gasteiger partial charge in [0.1, 0.15) is 22.2 Å². The second kappa shape index (κ2) is 10.6. The lowest BCUT2D eigenvalue weighted by atomic mass is 10.1. The molecule has 1 heterocycles. The number of halogens is 1. The Kier molecular flexibility index (Phi) is 7.79. The standard InChI is InChI=1S/C21H19BrN4O7S/c1-4-25-19(12-6-14(32-2)10-15(7-12)33-3)23-24-21(25)34-17(20(28)29)8-11-5-13(26(30)31)9-16(22)18(11)27/h5-10,27H,4H2,1-3H3,(H,28,29)/b17-8-. The number of methoxy groups -OCH3 is 2. The summed E-state index contributed by atoms with van der Waals surface area (Å²) in [5.41, 5.74) is 0.307. The van der Waals surface area contributed by atoms with Crippen molar-refractivity contribution >= 4 is 45.4 Å². The smallest absolute Gasteiger partial charge is 0.342 e. The number of ether oxygens (including phenoxy) is 2. The van der Waals surface area contributed by atoms with Crippen molar-refractivity contribution in [2.45, 2.75) is 18.6 Å². The molecule has 0 amide bonds. The first-order chi connectivity index (χ1) is 16.2. The number of carbonyl (C=O) groups is 1. The SMILES string of the molecule is CCn1c(S/C(=C\c2cc([N+](=O)[O-])cc(Br)c2O)C(=O)O)nnc1-c1cc(OC)cc(OC)c1. The molecule has 3 aromatic rings. The number of nitrogens with zero attached hydrogens (tertiary/aromatic N) is 4. The van der Waals surface area contributed by atoms with E-state index in [9.17, 15) is 25.1 Å². The summed E-state index contributed by atoms with van der Waals surface area (Å²) in [7, 11) is 3.05. The second-order valence-electron chi connectivity index (χ2n) is 6.69. The summed E-state index contributed by atoms with van der Waals surface area (Å²) < 4.78 is 12.4. The van der Waals surface area contributed by atoms with Crippen LogP contribution in [0.2, 0.25) is 0 Å². The normalized spacial score (nSPS) is 11.4. The van der Waals surface area contributed by atoms with Crippen molar-refractivity contribution in [2.75, 3.05) is 14.2 Å². The number of rotatable bonds is 9. The second-order valence-corrected chi connectivity index (χ2v) is 8.55. The van der Waals surface area contributed by atoms with Crippen LogP contribution < -0.4 is 9.47 Å². The summed E-state index contributed by atoms with van der Waals surface area (Å²) in [6.45, 7) is 2.27. The molecule has 2 aromatic carbocycles. The number of hydrogen-bond acceptors (Lipinski definition) is 9. The maximum Gasteiger partial charge on any atom is 0.342 e. The number of nitro groups is 1. The highest BCUT2D eigenvalue weighted by Crippen LogP contribution is 2.37. The van der Waals surface area contributed by atoms with Crippen LogP contribution in [0.15, 0.2) is 44.9 Å². The van der Waals surface area contributed by atoms with Crippen LogP contribution in [-0.2, 0) is 11.3 Å². The fourth-order valence-corrected chi connectivity index (χ4v) is 4.34. The Bertz CT molecular complexity index is 1270. The molecule has 0 radical (unpaired) electrons. The van der Waals surface area contributed by atoms with Gasteiger partial charge in [0.25, 0.3) is 5.69 Å². The number of carboxylic acid groups (broad SMARTS) is 1. The summed E-state index contributed by atoms with van der Waals surface area (Å²) in [4.78, 5) is 22.3. The molecule has 0 atom stereocenters. The summed E-state index contributed by atoms with van der Waals surface area (Å²) in [6, 6.07) is 7.42. The van der Waals surface area contributed by atoms with Gasteiger partial charge in [-0.2, -0.15) is 0 Å². The van der Waals surface area contributed by atoms with Crippen molar-refractivity contribution in [3.8, 4) is 28.6 Å². The molecule has 3 rings (SSSR count). The van der Waals surface area contributed by atoms with Crippen molar-refractivity contribution in [3.05, 3.63) is 55.4 Å². The van der Waals surface area contributed by atoms with E-state index >= 15 is 0 Å². The quantitative estimate of drug-likeness (QED) is 0.167.